The molecule has 4 heteroatoms. The largest absolute Gasteiger partial charge is 0.481 e. The molecule has 0 bridgehead atoms. The number of β-amino-alcohol motifs (C(OH)–C–C–N with tert-alkyl or cyclic N) is 1. The van der Waals surface area contributed by atoms with Gasteiger partial charge in [-0.1, -0.05) is 6.58 Å². The molecular weight excluding hydrogens is 204 g/mol. The number of methoxy groups -OCH3 is 1. The van der Waals surface area contributed by atoms with E-state index in [1.54, 1.807) is 0 Å². The fraction of sp³-hybridized carbons (Fsp3) is 0.583. The van der Waals surface area contributed by atoms with E-state index in [9.17, 15) is 5.11 Å². The number of nitrogens with one attached hydrogen (secondary N) is 1. The molecule has 0 rings (SSSR count). The SMILES string of the molecule is C=C/C(=N\C(=C)OC)C(O)CNC(C)(C)C. The van der Waals surface area contributed by atoms with Crippen molar-refractivity contribution in [3.05, 3.63) is 25.1 Å². The Kier molecular flexibility index (Phi) is 6.00. The van der Waals surface area contributed by atoms with Gasteiger partial charge in [-0.15, -0.1) is 0 Å². The van der Waals surface area contributed by atoms with Crippen LogP contribution in [0.5, 0.6) is 0 Å². The third-order valence-corrected chi connectivity index (χ3v) is 1.87. The summed E-state index contributed by atoms with van der Waals surface area (Å²) in [5.74, 6) is 0.254. The van der Waals surface area contributed by atoms with Gasteiger partial charge in [0.2, 0.25) is 5.88 Å². The Morgan fingerprint density at radius 3 is 2.50 bits per heavy atom. The monoisotopic (exact) mass is 226 g/mol. The number of aliphatic hydroxyl groups is 1. The summed E-state index contributed by atoms with van der Waals surface area (Å²) in [6.07, 6.45) is 0.780. The zero-order valence-corrected chi connectivity index (χ0v) is 10.6. The van der Waals surface area contributed by atoms with Gasteiger partial charge in [0, 0.05) is 12.1 Å². The molecule has 0 spiro atoms. The van der Waals surface area contributed by atoms with E-state index in [1.165, 1.54) is 13.2 Å². The predicted octanol–water partition coefficient (Wildman–Crippen LogP) is 1.48. The van der Waals surface area contributed by atoms with Crippen LogP contribution in [0.15, 0.2) is 30.1 Å². The molecule has 0 aromatic heterocycles. The Bertz CT molecular complexity index is 277. The van der Waals surface area contributed by atoms with Crippen LogP contribution in [0.25, 0.3) is 0 Å². The quantitative estimate of drug-likeness (QED) is 0.533. The van der Waals surface area contributed by atoms with Gasteiger partial charge >= 0.3 is 0 Å². The van der Waals surface area contributed by atoms with Gasteiger partial charge in [0.05, 0.1) is 12.8 Å². The number of aliphatic hydroxyl groups excluding tert-OH is 1. The maximum atomic E-state index is 9.86. The first-order valence-electron chi connectivity index (χ1n) is 5.17. The second-order valence-corrected chi connectivity index (χ2v) is 4.49. The summed E-state index contributed by atoms with van der Waals surface area (Å²) in [5, 5.41) is 13.0. The second kappa shape index (κ2) is 6.45. The Morgan fingerprint density at radius 1 is 1.56 bits per heavy atom. The number of ether oxygens (including phenoxy) is 1. The number of aliphatic imine (C=N–C) groups is 1. The second-order valence-electron chi connectivity index (χ2n) is 4.49. The lowest BCUT2D eigenvalue weighted by atomic mass is 10.1. The molecule has 0 amide bonds. The normalized spacial score (nSPS) is 14.4. The van der Waals surface area contributed by atoms with E-state index in [2.05, 4.69) is 23.5 Å². The van der Waals surface area contributed by atoms with E-state index in [0.29, 0.717) is 12.3 Å². The van der Waals surface area contributed by atoms with Gasteiger partial charge in [-0.25, -0.2) is 4.99 Å². The Labute approximate surface area is 97.7 Å². The van der Waals surface area contributed by atoms with Crippen LogP contribution in [-0.4, -0.2) is 36.1 Å². The summed E-state index contributed by atoms with van der Waals surface area (Å²) >= 11 is 0. The van der Waals surface area contributed by atoms with Gasteiger partial charge in [-0.05, 0) is 33.4 Å². The molecule has 0 aromatic rings. The van der Waals surface area contributed by atoms with Gasteiger partial charge in [0.15, 0.2) is 0 Å². The van der Waals surface area contributed by atoms with E-state index in [1.807, 2.05) is 20.8 Å². The minimum absolute atomic E-state index is 0.0501. The van der Waals surface area contributed by atoms with Crippen molar-refractivity contribution in [2.45, 2.75) is 32.4 Å². The van der Waals surface area contributed by atoms with Gasteiger partial charge in [0.1, 0.15) is 6.10 Å². The number of rotatable bonds is 6. The lowest BCUT2D eigenvalue weighted by molar-refractivity contribution is 0.220. The molecule has 0 fully saturated rings. The predicted molar refractivity (Wildman–Crippen MR) is 67.5 cm³/mol. The standard InChI is InChI=1S/C12H22N2O2/c1-7-10(14-9(2)16-6)11(15)8-13-12(3,4)5/h7,11,13,15H,1-2,8H2,3-6H3/b14-10+. The van der Waals surface area contributed by atoms with Gasteiger partial charge in [-0.3, -0.25) is 0 Å². The molecule has 1 atom stereocenters. The molecular formula is C12H22N2O2. The molecule has 1 unspecified atom stereocenters. The molecule has 0 aliphatic heterocycles. The van der Waals surface area contributed by atoms with E-state index in [0.717, 1.165) is 0 Å². The van der Waals surface area contributed by atoms with Crippen molar-refractivity contribution in [1.82, 2.24) is 5.32 Å². The third kappa shape index (κ3) is 6.37. The maximum Gasteiger partial charge on any atom is 0.205 e. The smallest absolute Gasteiger partial charge is 0.205 e. The molecule has 2 N–H and O–H groups in total. The summed E-state index contributed by atoms with van der Waals surface area (Å²) in [6.45, 7) is 13.6. The minimum Gasteiger partial charge on any atom is -0.481 e. The van der Waals surface area contributed by atoms with Crippen LogP contribution in [0.3, 0.4) is 0 Å². The van der Waals surface area contributed by atoms with Crippen LogP contribution >= 0.6 is 0 Å². The fourth-order valence-corrected chi connectivity index (χ4v) is 0.953. The van der Waals surface area contributed by atoms with Crippen molar-refractivity contribution in [3.63, 3.8) is 0 Å². The van der Waals surface area contributed by atoms with E-state index < -0.39 is 6.10 Å². The maximum absolute atomic E-state index is 9.86. The molecule has 92 valence electrons. The molecule has 0 saturated carbocycles. The fourth-order valence-electron chi connectivity index (χ4n) is 0.953. The molecule has 16 heavy (non-hydrogen) atoms. The summed E-state index contributed by atoms with van der Waals surface area (Å²) < 4.78 is 4.82. The zero-order chi connectivity index (χ0) is 12.8. The van der Waals surface area contributed by atoms with E-state index in [-0.39, 0.29) is 11.4 Å². The van der Waals surface area contributed by atoms with Gasteiger partial charge in [-0.2, -0.15) is 0 Å². The van der Waals surface area contributed by atoms with E-state index >= 15 is 0 Å². The minimum atomic E-state index is -0.719. The van der Waals surface area contributed by atoms with Crippen molar-refractivity contribution in [3.8, 4) is 0 Å². The third-order valence-electron chi connectivity index (χ3n) is 1.87. The molecule has 0 aliphatic rings. The summed E-state index contributed by atoms with van der Waals surface area (Å²) in [6, 6.07) is 0. The number of hydrogen-bond acceptors (Lipinski definition) is 4. The van der Waals surface area contributed by atoms with Crippen LogP contribution in [0.2, 0.25) is 0 Å². The van der Waals surface area contributed by atoms with Crippen LogP contribution in [0, 0.1) is 0 Å². The molecule has 0 saturated heterocycles. The Hall–Kier alpha value is -1.13. The molecule has 0 heterocycles. The first-order chi connectivity index (χ1) is 7.30. The van der Waals surface area contributed by atoms with Crippen molar-refractivity contribution in [2.75, 3.05) is 13.7 Å². The Balaban J connectivity index is 4.43. The zero-order valence-electron chi connectivity index (χ0n) is 10.6. The van der Waals surface area contributed by atoms with Crippen LogP contribution in [0.4, 0.5) is 0 Å². The number of hydrogen-bond donors (Lipinski definition) is 2. The highest BCUT2D eigenvalue weighted by Gasteiger charge is 2.15. The lowest BCUT2D eigenvalue weighted by Crippen LogP contribution is -2.43. The molecule has 0 aromatic carbocycles. The lowest BCUT2D eigenvalue weighted by Gasteiger charge is -2.22. The van der Waals surface area contributed by atoms with Crippen molar-refractivity contribution >= 4 is 5.71 Å². The average molecular weight is 226 g/mol. The van der Waals surface area contributed by atoms with Crippen LogP contribution in [0.1, 0.15) is 20.8 Å². The van der Waals surface area contributed by atoms with Crippen molar-refractivity contribution < 1.29 is 9.84 Å². The number of nitrogens with zero attached hydrogens (tertiary/aromatic N) is 1. The van der Waals surface area contributed by atoms with E-state index in [4.69, 9.17) is 4.74 Å². The summed E-state index contributed by atoms with van der Waals surface area (Å²) in [4.78, 5) is 4.01. The first kappa shape index (κ1) is 14.9. The average Bonchev–Trinajstić information content (AvgIpc) is 2.21. The highest BCUT2D eigenvalue weighted by Crippen LogP contribution is 2.02. The summed E-state index contributed by atoms with van der Waals surface area (Å²) in [5.41, 5.74) is 0.398. The van der Waals surface area contributed by atoms with Crippen molar-refractivity contribution in [2.24, 2.45) is 4.99 Å². The van der Waals surface area contributed by atoms with Gasteiger partial charge in [0.25, 0.3) is 0 Å². The van der Waals surface area contributed by atoms with Crippen LogP contribution in [-0.2, 0) is 4.74 Å². The van der Waals surface area contributed by atoms with Gasteiger partial charge < -0.3 is 15.2 Å². The van der Waals surface area contributed by atoms with Crippen molar-refractivity contribution in [1.29, 1.82) is 0 Å². The Morgan fingerprint density at radius 2 is 2.12 bits per heavy atom. The topological polar surface area (TPSA) is 53.9 Å². The first-order valence-corrected chi connectivity index (χ1v) is 5.17. The molecule has 0 aliphatic carbocycles. The molecule has 4 nitrogen and oxygen atoms in total. The highest BCUT2D eigenvalue weighted by molar-refractivity contribution is 5.98. The van der Waals surface area contributed by atoms with Crippen LogP contribution < -0.4 is 5.32 Å². The summed E-state index contributed by atoms with van der Waals surface area (Å²) in [7, 11) is 1.48. The highest BCUT2D eigenvalue weighted by atomic mass is 16.5. The molecule has 0 radical (unpaired) electrons.